The van der Waals surface area contributed by atoms with Crippen LogP contribution in [0.2, 0.25) is 0 Å². The molecule has 5 heterocycles. The fraction of sp³-hybridized carbons (Fsp3) is 0.419. The Kier molecular flexibility index (Phi) is 6.80. The molecule has 4 saturated heterocycles. The molecule has 8 nitrogen and oxygen atoms in total. The summed E-state index contributed by atoms with van der Waals surface area (Å²) in [6, 6.07) is 11.4. The van der Waals surface area contributed by atoms with E-state index in [2.05, 4.69) is 18.3 Å². The molecular formula is C31H30F3IN5O3-. The Hall–Kier alpha value is -2.94. The molecular weight excluding hydrogens is 674 g/mol. The molecule has 0 amide bonds. The van der Waals surface area contributed by atoms with Gasteiger partial charge in [-0.1, -0.05) is 0 Å². The van der Waals surface area contributed by atoms with Crippen molar-refractivity contribution < 1.29 is 49.2 Å². The van der Waals surface area contributed by atoms with Crippen LogP contribution in [0, 0.1) is 11.6 Å². The van der Waals surface area contributed by atoms with Crippen molar-refractivity contribution in [2.75, 3.05) is 42.6 Å². The van der Waals surface area contributed by atoms with Crippen LogP contribution in [0.3, 0.4) is 0 Å². The number of rotatable bonds is 5. The Morgan fingerprint density at radius 1 is 1.12 bits per heavy atom. The summed E-state index contributed by atoms with van der Waals surface area (Å²) in [6.45, 7) is 3.10. The summed E-state index contributed by atoms with van der Waals surface area (Å²) in [4.78, 5) is 11.4. The summed E-state index contributed by atoms with van der Waals surface area (Å²) in [6.07, 6.45) is 1.25. The van der Waals surface area contributed by atoms with Gasteiger partial charge in [-0.3, -0.25) is 0 Å². The molecule has 0 aliphatic carbocycles. The van der Waals surface area contributed by atoms with E-state index < -0.39 is 44.8 Å². The SMILES string of the molecule is Oc1cc(-c2c(F)cc3c(N4CC5COCC(N5)[I-]4)nc(OC[C@@]45CCCN4C[C@H](F)C5)nc3c2F)c2ccccc2c1. The van der Waals surface area contributed by atoms with Gasteiger partial charge in [0.1, 0.15) is 0 Å². The zero-order valence-corrected chi connectivity index (χ0v) is 25.4. The van der Waals surface area contributed by atoms with Crippen molar-refractivity contribution in [2.45, 2.75) is 41.1 Å². The van der Waals surface area contributed by atoms with Crippen LogP contribution in [0.15, 0.2) is 42.5 Å². The average Bonchev–Trinajstić information content (AvgIpc) is 3.51. The van der Waals surface area contributed by atoms with Gasteiger partial charge in [-0.05, 0) is 0 Å². The molecule has 43 heavy (non-hydrogen) atoms. The van der Waals surface area contributed by atoms with Gasteiger partial charge >= 0.3 is 258 Å². The molecule has 2 bridgehead atoms. The first-order chi connectivity index (χ1) is 20.9. The van der Waals surface area contributed by atoms with E-state index in [9.17, 15) is 9.50 Å². The van der Waals surface area contributed by atoms with Crippen LogP contribution in [0.4, 0.5) is 19.0 Å². The van der Waals surface area contributed by atoms with E-state index in [0.29, 0.717) is 49.3 Å². The number of nitrogens with one attached hydrogen (secondary N) is 1. The number of benzene rings is 3. The summed E-state index contributed by atoms with van der Waals surface area (Å²) >= 11 is -0.680. The first-order valence-corrected chi connectivity index (χ1v) is 16.8. The molecule has 8 rings (SSSR count). The maximum absolute atomic E-state index is 16.7. The zero-order chi connectivity index (χ0) is 29.3. The number of anilines is 1. The van der Waals surface area contributed by atoms with Crippen LogP contribution >= 0.6 is 0 Å². The van der Waals surface area contributed by atoms with Crippen molar-refractivity contribution in [3.8, 4) is 22.9 Å². The van der Waals surface area contributed by atoms with Gasteiger partial charge in [0.05, 0.1) is 0 Å². The molecule has 0 radical (unpaired) electrons. The van der Waals surface area contributed by atoms with E-state index in [1.165, 1.54) is 12.1 Å². The number of aromatic hydroxyl groups is 1. The van der Waals surface area contributed by atoms with Gasteiger partial charge in [0, 0.05) is 0 Å². The molecule has 226 valence electrons. The monoisotopic (exact) mass is 704 g/mol. The standard InChI is InChI=1S/C31H30F3IN5O3/c32-18-11-31(6-3-7-39(31)12-18)16-43-30-37-28-23(29(38-30)40-13-19-14-42-15-25(35-40)36-19)10-24(33)26(27(28)34)22-9-20(41)8-17-4-1-2-5-21(17)22/h1-2,4-5,8-10,18-19,25,36,41H,3,6-7,11-16H2/q-1/t18-,19?,25?,31+/m1/s1. The Bertz CT molecular complexity index is 1730. The van der Waals surface area contributed by atoms with Gasteiger partial charge in [-0.15, -0.1) is 0 Å². The van der Waals surface area contributed by atoms with E-state index in [0.717, 1.165) is 19.4 Å². The normalized spacial score (nSPS) is 27.4. The van der Waals surface area contributed by atoms with Crippen LogP contribution < -0.4 is 34.6 Å². The number of alkyl halides is 2. The quantitative estimate of drug-likeness (QED) is 0.140. The molecule has 2 unspecified atom stereocenters. The van der Waals surface area contributed by atoms with Crippen molar-refractivity contribution in [3.05, 3.63) is 54.1 Å². The van der Waals surface area contributed by atoms with E-state index in [4.69, 9.17) is 14.5 Å². The molecule has 12 heteroatoms. The predicted octanol–water partition coefficient (Wildman–Crippen LogP) is 1.53. The van der Waals surface area contributed by atoms with Crippen LogP contribution in [-0.2, 0) is 4.74 Å². The number of phenolic OH excluding ortho intramolecular Hbond substituents is 1. The second-order valence-corrected chi connectivity index (χ2v) is 15.1. The zero-order valence-electron chi connectivity index (χ0n) is 23.2. The molecule has 0 saturated carbocycles. The minimum atomic E-state index is -0.913. The molecule has 4 fully saturated rings. The predicted molar refractivity (Wildman–Crippen MR) is 151 cm³/mol. The van der Waals surface area contributed by atoms with Gasteiger partial charge in [0.25, 0.3) is 0 Å². The van der Waals surface area contributed by atoms with E-state index >= 15 is 8.78 Å². The van der Waals surface area contributed by atoms with Crippen LogP contribution in [0.5, 0.6) is 11.8 Å². The molecule has 4 aromatic rings. The number of phenols is 1. The van der Waals surface area contributed by atoms with Crippen molar-refractivity contribution in [3.63, 3.8) is 0 Å². The summed E-state index contributed by atoms with van der Waals surface area (Å²) in [5, 5.41) is 15.5. The fourth-order valence-corrected chi connectivity index (χ4v) is 10.4. The minimum absolute atomic E-state index is 0.00721. The third-order valence-corrected chi connectivity index (χ3v) is 11.9. The summed E-state index contributed by atoms with van der Waals surface area (Å²) in [5.74, 6) is -1.27. The van der Waals surface area contributed by atoms with Gasteiger partial charge in [-0.25, -0.2) is 0 Å². The summed E-state index contributed by atoms with van der Waals surface area (Å²) in [7, 11) is 0. The first-order valence-electron chi connectivity index (χ1n) is 14.6. The fourth-order valence-electron chi connectivity index (χ4n) is 7.14. The molecule has 3 aromatic carbocycles. The Balaban J connectivity index is 1.27. The maximum atomic E-state index is 16.7. The van der Waals surface area contributed by atoms with Gasteiger partial charge in [0.2, 0.25) is 0 Å². The number of hydrogen-bond donors (Lipinski definition) is 2. The Morgan fingerprint density at radius 2 is 2.00 bits per heavy atom. The second-order valence-electron chi connectivity index (χ2n) is 11.9. The number of ether oxygens (including phenoxy) is 2. The number of fused-ring (bicyclic) bond motifs is 5. The second kappa shape index (κ2) is 10.6. The van der Waals surface area contributed by atoms with E-state index in [1.807, 2.05) is 0 Å². The topological polar surface area (TPSA) is 83.0 Å². The first kappa shape index (κ1) is 27.6. The average molecular weight is 705 g/mol. The van der Waals surface area contributed by atoms with Crippen molar-refractivity contribution in [2.24, 2.45) is 0 Å². The van der Waals surface area contributed by atoms with E-state index in [-0.39, 0.29) is 50.5 Å². The number of nitrogens with zero attached hydrogens (tertiary/aromatic N) is 4. The molecule has 4 aliphatic rings. The van der Waals surface area contributed by atoms with Crippen LogP contribution in [0.25, 0.3) is 32.8 Å². The van der Waals surface area contributed by atoms with Gasteiger partial charge < -0.3 is 0 Å². The van der Waals surface area contributed by atoms with Crippen molar-refractivity contribution in [1.29, 1.82) is 0 Å². The number of halogens is 4. The van der Waals surface area contributed by atoms with Crippen molar-refractivity contribution in [1.82, 2.24) is 20.2 Å². The number of hydrogen-bond acceptors (Lipinski definition) is 8. The number of morpholine rings is 1. The molecule has 4 aliphatic heterocycles. The summed E-state index contributed by atoms with van der Waals surface area (Å²) in [5.41, 5.74) is -0.520. The summed E-state index contributed by atoms with van der Waals surface area (Å²) < 4.78 is 61.4. The molecule has 2 N–H and O–H groups in total. The van der Waals surface area contributed by atoms with Gasteiger partial charge in [-0.2, -0.15) is 0 Å². The van der Waals surface area contributed by atoms with Crippen molar-refractivity contribution >= 4 is 27.5 Å². The van der Waals surface area contributed by atoms with E-state index in [1.54, 1.807) is 30.3 Å². The Labute approximate surface area is 256 Å². The molecule has 4 atom stereocenters. The number of aromatic nitrogens is 2. The van der Waals surface area contributed by atoms with Crippen LogP contribution in [-0.4, -0.2) is 81.2 Å². The van der Waals surface area contributed by atoms with Gasteiger partial charge in [0.15, 0.2) is 0 Å². The molecule has 1 aromatic heterocycles. The third-order valence-electron chi connectivity index (χ3n) is 9.03. The van der Waals surface area contributed by atoms with Crippen LogP contribution in [0.1, 0.15) is 19.3 Å². The third kappa shape index (κ3) is 4.77. The molecule has 0 spiro atoms. The Morgan fingerprint density at radius 3 is 2.88 bits per heavy atom.